The second kappa shape index (κ2) is 8.59. The van der Waals surface area contributed by atoms with Crippen molar-refractivity contribution in [3.8, 4) is 0 Å². The zero-order valence-electron chi connectivity index (χ0n) is 17.5. The molecule has 4 amide bonds. The number of nitrogens with two attached hydrogens (primary N) is 1. The number of ether oxygens (including phenoxy) is 1. The fourth-order valence-corrected chi connectivity index (χ4v) is 3.57. The molecule has 1 aromatic rings. The first-order valence-corrected chi connectivity index (χ1v) is 10.3. The van der Waals surface area contributed by atoms with Crippen LogP contribution in [0.2, 0.25) is 5.02 Å². The molecule has 0 radical (unpaired) electrons. The summed E-state index contributed by atoms with van der Waals surface area (Å²) in [5.41, 5.74) is 6.04. The van der Waals surface area contributed by atoms with Crippen LogP contribution in [0.15, 0.2) is 18.2 Å². The minimum absolute atomic E-state index is 0.0988. The highest BCUT2D eigenvalue weighted by Gasteiger charge is 2.36. The highest BCUT2D eigenvalue weighted by Crippen LogP contribution is 2.21. The third-order valence-electron chi connectivity index (χ3n) is 4.94. The fraction of sp³-hybridized carbons (Fsp3) is 0.550. The number of anilines is 1. The summed E-state index contributed by atoms with van der Waals surface area (Å²) < 4.78 is 5.31. The molecular weight excluding hydrogens is 410 g/mol. The largest absolute Gasteiger partial charge is 0.444 e. The van der Waals surface area contributed by atoms with E-state index in [-0.39, 0.29) is 24.1 Å². The molecule has 0 unspecified atom stereocenters. The molecule has 2 aliphatic heterocycles. The molecule has 2 aliphatic rings. The molecule has 2 saturated heterocycles. The van der Waals surface area contributed by atoms with Crippen LogP contribution in [-0.2, 0) is 4.74 Å². The fourth-order valence-electron chi connectivity index (χ4n) is 3.30. The van der Waals surface area contributed by atoms with Crippen LogP contribution in [0.4, 0.5) is 15.3 Å². The van der Waals surface area contributed by atoms with Crippen LogP contribution in [0.1, 0.15) is 31.1 Å². The monoisotopic (exact) mass is 437 g/mol. The van der Waals surface area contributed by atoms with Gasteiger partial charge in [-0.15, -0.1) is 0 Å². The van der Waals surface area contributed by atoms with Crippen molar-refractivity contribution < 1.29 is 19.1 Å². The van der Waals surface area contributed by atoms with Crippen molar-refractivity contribution in [3.05, 3.63) is 28.8 Å². The van der Waals surface area contributed by atoms with Gasteiger partial charge in [0, 0.05) is 45.0 Å². The summed E-state index contributed by atoms with van der Waals surface area (Å²) in [6.07, 6.45) is -0.374. The Hall–Kier alpha value is -2.68. The molecule has 2 heterocycles. The van der Waals surface area contributed by atoms with Crippen LogP contribution in [0.5, 0.6) is 0 Å². The Kier molecular flexibility index (Phi) is 6.30. The number of carbonyl (C=O) groups is 3. The number of piperazine rings is 1. The van der Waals surface area contributed by atoms with Gasteiger partial charge < -0.3 is 30.5 Å². The van der Waals surface area contributed by atoms with E-state index in [0.29, 0.717) is 55.5 Å². The molecule has 0 spiro atoms. The van der Waals surface area contributed by atoms with E-state index in [1.54, 1.807) is 32.9 Å². The van der Waals surface area contributed by atoms with Gasteiger partial charge in [-0.2, -0.15) is 0 Å². The third-order valence-corrected chi connectivity index (χ3v) is 5.25. The molecule has 2 fully saturated rings. The number of likely N-dealkylation sites (tertiary alicyclic amines) is 1. The zero-order chi connectivity index (χ0) is 22.1. The Morgan fingerprint density at radius 2 is 1.67 bits per heavy atom. The van der Waals surface area contributed by atoms with Gasteiger partial charge in [0.25, 0.3) is 5.91 Å². The van der Waals surface area contributed by atoms with Gasteiger partial charge in [-0.1, -0.05) is 11.6 Å². The number of nitrogens with zero attached hydrogens (tertiary/aromatic N) is 3. The van der Waals surface area contributed by atoms with Crippen molar-refractivity contribution in [2.75, 3.05) is 45.0 Å². The molecule has 0 aromatic heterocycles. The van der Waals surface area contributed by atoms with Gasteiger partial charge in [0.05, 0.1) is 16.6 Å². The molecule has 10 heteroatoms. The Morgan fingerprint density at radius 3 is 2.23 bits per heavy atom. The summed E-state index contributed by atoms with van der Waals surface area (Å²) >= 11 is 6.13. The summed E-state index contributed by atoms with van der Waals surface area (Å²) in [6.45, 7) is 7.98. The first kappa shape index (κ1) is 22.0. The first-order chi connectivity index (χ1) is 14.0. The smallest absolute Gasteiger partial charge is 0.410 e. The van der Waals surface area contributed by atoms with Crippen LogP contribution >= 0.6 is 11.6 Å². The average molecular weight is 438 g/mol. The molecule has 164 valence electrons. The minimum atomic E-state index is -0.543. The van der Waals surface area contributed by atoms with E-state index >= 15 is 0 Å². The van der Waals surface area contributed by atoms with Gasteiger partial charge in [0.15, 0.2) is 0 Å². The molecule has 3 rings (SSSR count). The Balaban J connectivity index is 1.43. The van der Waals surface area contributed by atoms with Crippen molar-refractivity contribution in [2.45, 2.75) is 32.4 Å². The minimum Gasteiger partial charge on any atom is -0.444 e. The lowest BCUT2D eigenvalue weighted by molar-refractivity contribution is 0.00568. The van der Waals surface area contributed by atoms with Gasteiger partial charge in [-0.05, 0) is 39.0 Å². The van der Waals surface area contributed by atoms with Crippen LogP contribution in [0.25, 0.3) is 0 Å². The average Bonchev–Trinajstić information content (AvgIpc) is 2.62. The molecule has 0 aliphatic carbocycles. The van der Waals surface area contributed by atoms with Gasteiger partial charge in [0.1, 0.15) is 5.60 Å². The SMILES string of the molecule is CC(C)(C)OC(=O)N1CC(NC(=O)N2CCN(C(=O)c3ccc(N)cc3Cl)CC2)C1. The number of urea groups is 1. The Labute approximate surface area is 181 Å². The van der Waals surface area contributed by atoms with Crippen molar-refractivity contribution in [1.29, 1.82) is 0 Å². The molecule has 3 N–H and O–H groups in total. The van der Waals surface area contributed by atoms with Crippen molar-refractivity contribution in [1.82, 2.24) is 20.0 Å². The zero-order valence-corrected chi connectivity index (χ0v) is 18.2. The highest BCUT2D eigenvalue weighted by atomic mass is 35.5. The normalized spacial score (nSPS) is 17.4. The lowest BCUT2D eigenvalue weighted by Crippen LogP contribution is -2.64. The molecule has 1 aromatic carbocycles. The first-order valence-electron chi connectivity index (χ1n) is 9.91. The molecule has 30 heavy (non-hydrogen) atoms. The molecule has 0 bridgehead atoms. The quantitative estimate of drug-likeness (QED) is 0.688. The van der Waals surface area contributed by atoms with E-state index in [1.165, 1.54) is 0 Å². The maximum absolute atomic E-state index is 12.7. The summed E-state index contributed by atoms with van der Waals surface area (Å²) in [5.74, 6) is -0.174. The van der Waals surface area contributed by atoms with Gasteiger partial charge >= 0.3 is 12.1 Å². The summed E-state index contributed by atoms with van der Waals surface area (Å²) in [5, 5.41) is 3.24. The number of halogens is 1. The lowest BCUT2D eigenvalue weighted by atomic mass is 10.1. The molecule has 0 atom stereocenters. The number of nitrogens with one attached hydrogen (secondary N) is 1. The van der Waals surface area contributed by atoms with Crippen molar-refractivity contribution >= 4 is 35.3 Å². The number of benzene rings is 1. The van der Waals surface area contributed by atoms with Crippen LogP contribution in [0, 0.1) is 0 Å². The Morgan fingerprint density at radius 1 is 1.07 bits per heavy atom. The predicted molar refractivity (Wildman–Crippen MR) is 113 cm³/mol. The van der Waals surface area contributed by atoms with Gasteiger partial charge in [-0.3, -0.25) is 4.79 Å². The van der Waals surface area contributed by atoms with E-state index in [1.807, 2.05) is 20.8 Å². The van der Waals surface area contributed by atoms with E-state index in [9.17, 15) is 14.4 Å². The molecule has 9 nitrogen and oxygen atoms in total. The summed E-state index contributed by atoms with van der Waals surface area (Å²) in [4.78, 5) is 42.0. The second-order valence-electron chi connectivity index (χ2n) is 8.55. The standard InChI is InChI=1S/C20H28ClN5O4/c1-20(2,3)30-19(29)26-11-14(12-26)23-18(28)25-8-6-24(7-9-25)17(27)15-5-4-13(22)10-16(15)21/h4-5,10,14H,6-9,11-12,22H2,1-3H3,(H,23,28). The number of carbonyl (C=O) groups excluding carboxylic acids is 3. The van der Waals surface area contributed by atoms with E-state index in [2.05, 4.69) is 5.32 Å². The molecule has 0 saturated carbocycles. The third kappa shape index (κ3) is 5.27. The predicted octanol–water partition coefficient (Wildman–Crippen LogP) is 2.01. The lowest BCUT2D eigenvalue weighted by Gasteiger charge is -2.41. The van der Waals surface area contributed by atoms with Gasteiger partial charge in [0.2, 0.25) is 0 Å². The Bertz CT molecular complexity index is 827. The second-order valence-corrected chi connectivity index (χ2v) is 8.96. The van der Waals surface area contributed by atoms with E-state index < -0.39 is 5.60 Å². The number of amides is 4. The van der Waals surface area contributed by atoms with E-state index in [0.717, 1.165) is 0 Å². The maximum atomic E-state index is 12.7. The van der Waals surface area contributed by atoms with E-state index in [4.69, 9.17) is 22.1 Å². The highest BCUT2D eigenvalue weighted by molar-refractivity contribution is 6.34. The molecular formula is C20H28ClN5O4. The summed E-state index contributed by atoms with van der Waals surface area (Å²) in [6, 6.07) is 4.52. The number of nitrogen functional groups attached to an aromatic ring is 1. The summed E-state index contributed by atoms with van der Waals surface area (Å²) in [7, 11) is 0. The topological polar surface area (TPSA) is 108 Å². The van der Waals surface area contributed by atoms with Crippen LogP contribution in [0.3, 0.4) is 0 Å². The number of hydrogen-bond acceptors (Lipinski definition) is 5. The van der Waals surface area contributed by atoms with Crippen LogP contribution < -0.4 is 11.1 Å². The van der Waals surface area contributed by atoms with Crippen molar-refractivity contribution in [2.24, 2.45) is 0 Å². The number of rotatable bonds is 2. The number of hydrogen-bond donors (Lipinski definition) is 2. The maximum Gasteiger partial charge on any atom is 0.410 e. The van der Waals surface area contributed by atoms with Crippen molar-refractivity contribution in [3.63, 3.8) is 0 Å². The van der Waals surface area contributed by atoms with Gasteiger partial charge in [-0.25, -0.2) is 9.59 Å². The van der Waals surface area contributed by atoms with Crippen LogP contribution in [-0.4, -0.2) is 83.6 Å².